The monoisotopic (exact) mass is 214 g/mol. The van der Waals surface area contributed by atoms with Gasteiger partial charge in [0, 0.05) is 0 Å². The predicted molar refractivity (Wildman–Crippen MR) is 67.1 cm³/mol. The zero-order chi connectivity index (χ0) is 11.4. The van der Waals surface area contributed by atoms with E-state index < -0.39 is 8.32 Å². The van der Waals surface area contributed by atoms with Crippen LogP contribution >= 0.6 is 0 Å². The highest BCUT2D eigenvalue weighted by atomic mass is 28.4. The highest BCUT2D eigenvalue weighted by Crippen LogP contribution is 2.36. The largest absolute Gasteiger partial charge is 0.413 e. The summed E-state index contributed by atoms with van der Waals surface area (Å²) in [5.74, 6) is 0.623. The molecule has 0 aromatic heterocycles. The van der Waals surface area contributed by atoms with Gasteiger partial charge in [-0.3, -0.25) is 0 Å². The van der Waals surface area contributed by atoms with Crippen molar-refractivity contribution in [1.82, 2.24) is 0 Å². The maximum absolute atomic E-state index is 6.00. The molecule has 0 atom stereocenters. The Hall–Kier alpha value is -0.0831. The molecule has 0 fully saturated rings. The van der Waals surface area contributed by atoms with Crippen LogP contribution in [0.15, 0.2) is 12.2 Å². The van der Waals surface area contributed by atoms with E-state index in [0.717, 1.165) is 6.61 Å². The van der Waals surface area contributed by atoms with Gasteiger partial charge in [-0.05, 0) is 24.1 Å². The van der Waals surface area contributed by atoms with E-state index in [1.165, 1.54) is 0 Å². The van der Waals surface area contributed by atoms with Crippen molar-refractivity contribution in [1.29, 1.82) is 0 Å². The van der Waals surface area contributed by atoms with Crippen molar-refractivity contribution in [2.75, 3.05) is 6.61 Å². The second-order valence-electron chi connectivity index (χ2n) is 5.74. The molecule has 0 saturated heterocycles. The minimum atomic E-state index is -1.53. The van der Waals surface area contributed by atoms with Crippen molar-refractivity contribution in [2.24, 2.45) is 5.92 Å². The average molecular weight is 214 g/mol. The van der Waals surface area contributed by atoms with Crippen molar-refractivity contribution in [2.45, 2.75) is 52.8 Å². The molecule has 14 heavy (non-hydrogen) atoms. The van der Waals surface area contributed by atoms with E-state index in [1.54, 1.807) is 0 Å². The maximum atomic E-state index is 6.00. The Morgan fingerprint density at radius 2 is 1.71 bits per heavy atom. The van der Waals surface area contributed by atoms with Gasteiger partial charge >= 0.3 is 0 Å². The summed E-state index contributed by atoms with van der Waals surface area (Å²) in [6.07, 6.45) is 4.35. The van der Waals surface area contributed by atoms with Crippen molar-refractivity contribution in [3.8, 4) is 0 Å². The van der Waals surface area contributed by atoms with Gasteiger partial charge in [-0.25, -0.2) is 0 Å². The fourth-order valence-corrected chi connectivity index (χ4v) is 1.75. The van der Waals surface area contributed by atoms with E-state index in [4.69, 9.17) is 4.43 Å². The van der Waals surface area contributed by atoms with Crippen molar-refractivity contribution in [3.63, 3.8) is 0 Å². The Labute approximate surface area is 90.7 Å². The van der Waals surface area contributed by atoms with Gasteiger partial charge in [0.2, 0.25) is 0 Å². The molecule has 0 bridgehead atoms. The van der Waals surface area contributed by atoms with Gasteiger partial charge in [0.15, 0.2) is 8.32 Å². The first-order chi connectivity index (χ1) is 6.17. The van der Waals surface area contributed by atoms with Crippen LogP contribution in [0.3, 0.4) is 0 Å². The second-order valence-corrected chi connectivity index (χ2v) is 10.6. The van der Waals surface area contributed by atoms with Gasteiger partial charge in [-0.1, -0.05) is 46.8 Å². The Bertz CT molecular complexity index is 187. The Balaban J connectivity index is 4.01. The fourth-order valence-electron chi connectivity index (χ4n) is 0.801. The Kier molecular flexibility index (Phi) is 5.10. The molecule has 0 N–H and O–H groups in total. The third-order valence-electron chi connectivity index (χ3n) is 2.87. The molecule has 0 radical (unpaired) electrons. The average Bonchev–Trinajstić information content (AvgIpc) is 1.95. The summed E-state index contributed by atoms with van der Waals surface area (Å²) in [4.78, 5) is 0. The molecule has 0 unspecified atom stereocenters. The molecule has 0 spiro atoms. The van der Waals surface area contributed by atoms with Crippen LogP contribution in [0.5, 0.6) is 0 Å². The number of allylic oxidation sites excluding steroid dienone is 1. The lowest BCUT2D eigenvalue weighted by Crippen LogP contribution is -2.40. The van der Waals surface area contributed by atoms with Gasteiger partial charge in [0.05, 0.1) is 6.61 Å². The standard InChI is InChI=1S/C12H26OSi/c1-11(2)9-8-10-13-14(6,7)12(3,4)5/h8-9,11H,10H2,1-7H3/b9-8-. The quantitative estimate of drug-likeness (QED) is 0.503. The first-order valence-corrected chi connectivity index (χ1v) is 8.38. The highest BCUT2D eigenvalue weighted by molar-refractivity contribution is 6.74. The zero-order valence-electron chi connectivity index (χ0n) is 10.8. The van der Waals surface area contributed by atoms with Gasteiger partial charge < -0.3 is 4.43 Å². The third-order valence-corrected chi connectivity index (χ3v) is 7.37. The molecule has 0 aromatic rings. The normalized spacial score (nSPS) is 14.3. The molecule has 0 heterocycles. The maximum Gasteiger partial charge on any atom is 0.192 e. The topological polar surface area (TPSA) is 9.23 Å². The van der Waals surface area contributed by atoms with Crippen molar-refractivity contribution < 1.29 is 4.43 Å². The number of rotatable bonds is 4. The SMILES string of the molecule is CC(C)/C=C\CO[Si](C)(C)C(C)(C)C. The van der Waals surface area contributed by atoms with Gasteiger partial charge in [0.1, 0.15) is 0 Å². The molecule has 0 rings (SSSR count). The summed E-state index contributed by atoms with van der Waals surface area (Å²) < 4.78 is 6.00. The molecule has 1 nitrogen and oxygen atoms in total. The molecule has 0 saturated carbocycles. The molecule has 0 aliphatic rings. The van der Waals surface area contributed by atoms with Crippen LogP contribution in [0, 0.1) is 5.92 Å². The lowest BCUT2D eigenvalue weighted by molar-refractivity contribution is 0.327. The van der Waals surface area contributed by atoms with Gasteiger partial charge in [0.25, 0.3) is 0 Å². The first-order valence-electron chi connectivity index (χ1n) is 5.47. The highest BCUT2D eigenvalue weighted by Gasteiger charge is 2.36. The van der Waals surface area contributed by atoms with E-state index in [0.29, 0.717) is 11.0 Å². The van der Waals surface area contributed by atoms with E-state index in [-0.39, 0.29) is 0 Å². The lowest BCUT2D eigenvalue weighted by Gasteiger charge is -2.35. The first kappa shape index (κ1) is 13.9. The minimum Gasteiger partial charge on any atom is -0.413 e. The smallest absolute Gasteiger partial charge is 0.192 e. The van der Waals surface area contributed by atoms with E-state index in [9.17, 15) is 0 Å². The molecule has 0 aromatic carbocycles. The van der Waals surface area contributed by atoms with Crippen LogP contribution in [-0.4, -0.2) is 14.9 Å². The van der Waals surface area contributed by atoms with Crippen LogP contribution in [-0.2, 0) is 4.43 Å². The van der Waals surface area contributed by atoms with Crippen molar-refractivity contribution >= 4 is 8.32 Å². The molecule has 0 aliphatic heterocycles. The molecule has 0 aliphatic carbocycles. The number of hydrogen-bond acceptors (Lipinski definition) is 1. The molecule has 0 amide bonds. The van der Waals surface area contributed by atoms with Gasteiger partial charge in [-0.15, -0.1) is 0 Å². The van der Waals surface area contributed by atoms with E-state index in [1.807, 2.05) is 0 Å². The zero-order valence-corrected chi connectivity index (χ0v) is 11.8. The van der Waals surface area contributed by atoms with Gasteiger partial charge in [-0.2, -0.15) is 0 Å². The summed E-state index contributed by atoms with van der Waals surface area (Å²) in [7, 11) is -1.53. The van der Waals surface area contributed by atoms with Crippen LogP contribution in [0.1, 0.15) is 34.6 Å². The summed E-state index contributed by atoms with van der Waals surface area (Å²) >= 11 is 0. The molecule has 2 heteroatoms. The summed E-state index contributed by atoms with van der Waals surface area (Å²) in [6, 6.07) is 0. The van der Waals surface area contributed by atoms with E-state index in [2.05, 4.69) is 59.9 Å². The van der Waals surface area contributed by atoms with E-state index >= 15 is 0 Å². The third kappa shape index (κ3) is 4.96. The summed E-state index contributed by atoms with van der Waals surface area (Å²) in [6.45, 7) is 16.5. The molecular weight excluding hydrogens is 188 g/mol. The lowest BCUT2D eigenvalue weighted by atomic mass is 10.2. The van der Waals surface area contributed by atoms with Crippen LogP contribution in [0.25, 0.3) is 0 Å². The van der Waals surface area contributed by atoms with Crippen LogP contribution in [0.2, 0.25) is 18.1 Å². The summed E-state index contributed by atoms with van der Waals surface area (Å²) in [5, 5.41) is 0.318. The fraction of sp³-hybridized carbons (Fsp3) is 0.833. The van der Waals surface area contributed by atoms with Crippen LogP contribution < -0.4 is 0 Å². The second kappa shape index (κ2) is 5.13. The molecule has 84 valence electrons. The Morgan fingerprint density at radius 3 is 2.07 bits per heavy atom. The summed E-state index contributed by atoms with van der Waals surface area (Å²) in [5.41, 5.74) is 0. The minimum absolute atomic E-state index is 0.318. The van der Waals surface area contributed by atoms with Crippen LogP contribution in [0.4, 0.5) is 0 Å². The Morgan fingerprint density at radius 1 is 1.21 bits per heavy atom. The van der Waals surface area contributed by atoms with Crippen molar-refractivity contribution in [3.05, 3.63) is 12.2 Å². The predicted octanol–water partition coefficient (Wildman–Crippen LogP) is 4.22. The molecular formula is C12H26OSi. The number of hydrogen-bond donors (Lipinski definition) is 0.